The number of hydrogen-bond donors (Lipinski definition) is 3. The van der Waals surface area contributed by atoms with Crippen molar-refractivity contribution in [2.24, 2.45) is 0 Å². The highest BCUT2D eigenvalue weighted by atomic mass is 32.1. The van der Waals surface area contributed by atoms with Crippen LogP contribution in [0.2, 0.25) is 0 Å². The summed E-state index contributed by atoms with van der Waals surface area (Å²) >= 11 is 1.14. The van der Waals surface area contributed by atoms with Gasteiger partial charge in [-0.25, -0.2) is 4.98 Å². The molecule has 3 aromatic rings. The molecule has 0 fully saturated rings. The number of nitrogens with one attached hydrogen (secondary N) is 1. The second kappa shape index (κ2) is 10.2. The number of nitrogens with two attached hydrogens (primary N) is 1. The van der Waals surface area contributed by atoms with Crippen LogP contribution in [0.25, 0.3) is 0 Å². The quantitative estimate of drug-likeness (QED) is 0.471. The zero-order valence-corrected chi connectivity index (χ0v) is 16.6. The summed E-state index contributed by atoms with van der Waals surface area (Å²) in [5.41, 5.74) is 5.27. The van der Waals surface area contributed by atoms with E-state index >= 15 is 0 Å². The third kappa shape index (κ3) is 6.69. The number of carbonyl (C=O) groups is 1. The highest BCUT2D eigenvalue weighted by Gasteiger charge is 2.08. The number of nitrogens with zero attached hydrogens (tertiary/aromatic N) is 1. The van der Waals surface area contributed by atoms with Gasteiger partial charge in [-0.1, -0.05) is 48.2 Å². The Balaban J connectivity index is 1.78. The Hall–Kier alpha value is -2.70. The summed E-state index contributed by atoms with van der Waals surface area (Å²) < 4.78 is 82.0. The minimum absolute atomic E-state index is 0.132. The van der Waals surface area contributed by atoms with Gasteiger partial charge >= 0.3 is 0 Å². The van der Waals surface area contributed by atoms with E-state index in [9.17, 15) is 9.90 Å². The first kappa shape index (κ1) is 11.5. The molecule has 29 heavy (non-hydrogen) atoms. The normalized spacial score (nSPS) is 17.3. The molecule has 2 aromatic carbocycles. The van der Waals surface area contributed by atoms with Crippen molar-refractivity contribution in [3.05, 3.63) is 76.1 Å². The van der Waals surface area contributed by atoms with Crippen molar-refractivity contribution < 1.29 is 23.6 Å². The van der Waals surface area contributed by atoms with Crippen LogP contribution in [-0.4, -0.2) is 16.0 Å². The fourth-order valence-corrected chi connectivity index (χ4v) is 2.95. The summed E-state index contributed by atoms with van der Waals surface area (Å²) in [5, 5.41) is 14.8. The van der Waals surface area contributed by atoms with Gasteiger partial charge in [-0.3, -0.25) is 4.79 Å². The van der Waals surface area contributed by atoms with Crippen molar-refractivity contribution in [3.8, 4) is 0 Å². The second-order valence-electron chi connectivity index (χ2n) is 6.28. The van der Waals surface area contributed by atoms with Gasteiger partial charge in [0.25, 0.3) is 0 Å². The number of nitrogen functional groups attached to an aromatic ring is 1. The van der Waals surface area contributed by atoms with E-state index in [1.807, 2.05) is 0 Å². The molecule has 4 N–H and O–H groups in total. The first-order chi connectivity index (χ1) is 18.1. The predicted octanol–water partition coefficient (Wildman–Crippen LogP) is 4.66. The average Bonchev–Trinajstić information content (AvgIpc) is 3.28. The van der Waals surface area contributed by atoms with E-state index in [1.165, 1.54) is 6.92 Å². The van der Waals surface area contributed by atoms with Crippen LogP contribution < -0.4 is 11.1 Å². The third-order valence-electron chi connectivity index (χ3n) is 3.85. The molecule has 1 amide bonds. The maximum Gasteiger partial charge on any atom is 0.230 e. The zero-order chi connectivity index (χ0) is 29.4. The van der Waals surface area contributed by atoms with E-state index in [0.717, 1.165) is 11.3 Å². The van der Waals surface area contributed by atoms with Crippen LogP contribution >= 0.6 is 11.3 Å². The van der Waals surface area contributed by atoms with Crippen LogP contribution in [0.15, 0.2) is 53.7 Å². The molecule has 0 bridgehead atoms. The summed E-state index contributed by atoms with van der Waals surface area (Å²) in [4.78, 5) is 16.4. The van der Waals surface area contributed by atoms with Crippen molar-refractivity contribution in [1.29, 1.82) is 0 Å². The molecule has 1 heterocycles. The molecule has 3 rings (SSSR count). The molecule has 0 aliphatic heterocycles. The lowest BCUT2D eigenvalue weighted by molar-refractivity contribution is -0.115. The molecule has 5 nitrogen and oxygen atoms in total. The Morgan fingerprint density at radius 2 is 2.00 bits per heavy atom. The topological polar surface area (TPSA) is 88.2 Å². The number of carbonyl (C=O) groups excluding carboxylic acids is 1. The minimum atomic E-state index is -2.12. The van der Waals surface area contributed by atoms with Crippen LogP contribution in [0.5, 0.6) is 0 Å². The lowest BCUT2D eigenvalue weighted by Crippen LogP contribution is -2.14. The van der Waals surface area contributed by atoms with Crippen LogP contribution in [0, 0.1) is 6.92 Å². The van der Waals surface area contributed by atoms with E-state index < -0.39 is 61.1 Å². The number of amides is 1. The molecule has 0 aliphatic rings. The second-order valence-corrected chi connectivity index (χ2v) is 7.17. The van der Waals surface area contributed by atoms with E-state index in [2.05, 4.69) is 10.3 Å². The average molecular weight is 420 g/mol. The summed E-state index contributed by atoms with van der Waals surface area (Å²) in [7, 11) is 0. The summed E-state index contributed by atoms with van der Waals surface area (Å²) in [5.74, 6) is -0.622. The molecule has 0 spiro atoms. The first-order valence-corrected chi connectivity index (χ1v) is 9.77. The minimum Gasteiger partial charge on any atom is -0.388 e. The number of rotatable bonds is 9. The van der Waals surface area contributed by atoms with Crippen LogP contribution in [-0.2, 0) is 17.6 Å². The Kier molecular flexibility index (Phi) is 4.03. The number of aromatic nitrogens is 1. The molecule has 1 aromatic heterocycles. The Morgan fingerprint density at radius 3 is 2.66 bits per heavy atom. The van der Waals surface area contributed by atoms with Crippen molar-refractivity contribution in [3.63, 3.8) is 0 Å². The molecule has 0 radical (unpaired) electrons. The molecular formula is C23H27N3O2S. The smallest absolute Gasteiger partial charge is 0.230 e. The number of anilines is 2. The number of hydrogen-bond acceptors (Lipinski definition) is 5. The van der Waals surface area contributed by atoms with Crippen LogP contribution in [0.3, 0.4) is 0 Å². The summed E-state index contributed by atoms with van der Waals surface area (Å²) in [6.45, 7) is 1.43. The molecule has 152 valence electrons. The van der Waals surface area contributed by atoms with E-state index in [-0.39, 0.29) is 58.9 Å². The van der Waals surface area contributed by atoms with Crippen molar-refractivity contribution in [2.45, 2.75) is 45.1 Å². The van der Waals surface area contributed by atoms with Gasteiger partial charge in [-0.2, -0.15) is 0 Å². The van der Waals surface area contributed by atoms with Crippen molar-refractivity contribution >= 4 is 28.1 Å². The van der Waals surface area contributed by atoms with E-state index in [0.29, 0.717) is 5.69 Å². The fourth-order valence-electron chi connectivity index (χ4n) is 2.39. The van der Waals surface area contributed by atoms with Crippen LogP contribution in [0.1, 0.15) is 61.4 Å². The molecule has 1 atom stereocenters. The van der Waals surface area contributed by atoms with Gasteiger partial charge in [0.15, 0.2) is 5.13 Å². The number of benzene rings is 2. The largest absolute Gasteiger partial charge is 0.388 e. The lowest BCUT2D eigenvalue weighted by atomic mass is 10.0. The monoisotopic (exact) mass is 419 g/mol. The van der Waals surface area contributed by atoms with E-state index in [1.54, 1.807) is 5.38 Å². The third-order valence-corrected chi connectivity index (χ3v) is 4.57. The van der Waals surface area contributed by atoms with Gasteiger partial charge in [0.2, 0.25) is 5.91 Å². The van der Waals surface area contributed by atoms with Gasteiger partial charge in [0, 0.05) is 13.8 Å². The predicted molar refractivity (Wildman–Crippen MR) is 119 cm³/mol. The maximum absolute atomic E-state index is 12.4. The fraction of sp³-hybridized carbons (Fsp3) is 0.304. The molecular weight excluding hydrogens is 382 g/mol. The first-order valence-electron chi connectivity index (χ1n) is 13.9. The summed E-state index contributed by atoms with van der Waals surface area (Å²) in [6, 6.07) is -3.53. The van der Waals surface area contributed by atoms with Crippen LogP contribution in [0.4, 0.5) is 10.8 Å². The van der Waals surface area contributed by atoms with E-state index in [4.69, 9.17) is 19.4 Å². The number of aliphatic hydroxyl groups excluding tert-OH is 1. The summed E-state index contributed by atoms with van der Waals surface area (Å²) in [6.07, 6.45) is -4.96. The number of thiazole rings is 1. The molecule has 0 aliphatic carbocycles. The standard InChI is InChI=1S/C23H27N3O2S/c1-16-6-10-18(11-7-16)21(27)5-3-2-4-17-8-12-19(13-9-17)25-22(28)14-20-15-29-23(24)26-20/h6-13,15,21,27H,2-5,14H2,1H3,(H2,24,26)(H,25,28)/t21-/m0/s1/i2D2,6D,7D,8D,9D,10D,11D,12D,13D. The maximum atomic E-state index is 12.4. The van der Waals surface area contributed by atoms with Gasteiger partial charge in [-0.15, -0.1) is 11.3 Å². The lowest BCUT2D eigenvalue weighted by Gasteiger charge is -2.11. The van der Waals surface area contributed by atoms with Gasteiger partial charge in [0.1, 0.15) is 0 Å². The highest BCUT2D eigenvalue weighted by molar-refractivity contribution is 7.13. The zero-order valence-electron chi connectivity index (χ0n) is 25.8. The Morgan fingerprint density at radius 1 is 1.28 bits per heavy atom. The Labute approximate surface area is 189 Å². The Bertz CT molecular complexity index is 1370. The van der Waals surface area contributed by atoms with Gasteiger partial charge in [-0.05, 0) is 49.4 Å². The molecule has 0 saturated carbocycles. The number of aliphatic hydroxyl groups is 1. The molecule has 6 heteroatoms. The SMILES string of the molecule is [2H]c1c([2H])c([C@@H](O)CCC([2H])([2H])Cc2c([2H])c([2H])c(NC(=O)Cc3csc(N)n3)c([2H])c2[2H])c([2H])c([2H])c1C. The molecule has 0 unspecified atom stereocenters. The highest BCUT2D eigenvalue weighted by Crippen LogP contribution is 2.21. The van der Waals surface area contributed by atoms with Crippen molar-refractivity contribution in [1.82, 2.24) is 4.98 Å². The van der Waals surface area contributed by atoms with Gasteiger partial charge < -0.3 is 16.2 Å². The molecule has 0 saturated heterocycles. The van der Waals surface area contributed by atoms with Crippen molar-refractivity contribution in [2.75, 3.05) is 11.1 Å². The van der Waals surface area contributed by atoms with Gasteiger partial charge in [0.05, 0.1) is 29.2 Å².